The second-order valence-corrected chi connectivity index (χ2v) is 8.59. The van der Waals surface area contributed by atoms with Crippen LogP contribution in [-0.2, 0) is 24.1 Å². The molecule has 1 aliphatic heterocycles. The normalized spacial score (nSPS) is 16.7. The van der Waals surface area contributed by atoms with E-state index in [2.05, 4.69) is 65.1 Å². The molecule has 0 amide bonds. The molecule has 0 spiro atoms. The molecule has 0 radical (unpaired) electrons. The third-order valence-electron chi connectivity index (χ3n) is 5.90. The minimum absolute atomic E-state index is 0.351. The Hall–Kier alpha value is -2.63. The van der Waals surface area contributed by atoms with Gasteiger partial charge in [-0.3, -0.25) is 9.88 Å². The number of benzene rings is 1. The largest absolute Gasteiger partial charge is 0.384 e. The molecule has 0 bridgehead atoms. The Balaban J connectivity index is 1.48. The number of likely N-dealkylation sites (tertiary alicyclic amines) is 1. The van der Waals surface area contributed by atoms with Crippen LogP contribution in [0.1, 0.15) is 58.3 Å². The quantitative estimate of drug-likeness (QED) is 0.537. The molecule has 5 nitrogen and oxygen atoms in total. The van der Waals surface area contributed by atoms with Crippen LogP contribution in [0.3, 0.4) is 0 Å². The van der Waals surface area contributed by atoms with Gasteiger partial charge in [0.1, 0.15) is 5.82 Å². The summed E-state index contributed by atoms with van der Waals surface area (Å²) in [5, 5.41) is 0. The van der Waals surface area contributed by atoms with Crippen molar-refractivity contribution >= 4 is 0 Å². The molecule has 4 rings (SSSR count). The molecule has 31 heavy (non-hydrogen) atoms. The first kappa shape index (κ1) is 21.6. The molecule has 162 valence electrons. The van der Waals surface area contributed by atoms with Crippen LogP contribution in [-0.4, -0.2) is 40.1 Å². The monoisotopic (exact) mass is 416 g/mol. The van der Waals surface area contributed by atoms with Gasteiger partial charge in [-0.25, -0.2) is 9.97 Å². The molecule has 1 atom stereocenters. The SMILES string of the molecule is COCCc1ncc(CN2CCCC2c2cc(Cc3cccc(C)c3)cc(C)n2)cn1. The number of rotatable bonds is 8. The van der Waals surface area contributed by atoms with Gasteiger partial charge in [-0.2, -0.15) is 0 Å². The van der Waals surface area contributed by atoms with Crippen LogP contribution >= 0.6 is 0 Å². The van der Waals surface area contributed by atoms with Crippen molar-refractivity contribution in [2.24, 2.45) is 0 Å². The van der Waals surface area contributed by atoms with Gasteiger partial charge >= 0.3 is 0 Å². The smallest absolute Gasteiger partial charge is 0.130 e. The molecular formula is C26H32N4O. The fraction of sp³-hybridized carbons (Fsp3) is 0.423. The van der Waals surface area contributed by atoms with Crippen LogP contribution in [0.5, 0.6) is 0 Å². The topological polar surface area (TPSA) is 51.1 Å². The standard InChI is InChI=1S/C26H32N4O/c1-19-6-4-7-21(12-19)14-22-13-20(2)29-24(15-22)25-8-5-10-30(25)18-23-16-27-26(28-17-23)9-11-31-3/h4,6-7,12-13,15-17,25H,5,8-11,14,18H2,1-3H3. The van der Waals surface area contributed by atoms with Crippen molar-refractivity contribution < 1.29 is 4.74 Å². The summed E-state index contributed by atoms with van der Waals surface area (Å²) in [6, 6.07) is 13.6. The van der Waals surface area contributed by atoms with Gasteiger partial charge in [0.2, 0.25) is 0 Å². The number of ether oxygens (including phenoxy) is 1. The maximum atomic E-state index is 5.11. The summed E-state index contributed by atoms with van der Waals surface area (Å²) in [5.74, 6) is 0.838. The summed E-state index contributed by atoms with van der Waals surface area (Å²) in [7, 11) is 1.70. The van der Waals surface area contributed by atoms with Gasteiger partial charge in [0, 0.05) is 43.7 Å². The molecule has 1 unspecified atom stereocenters. The average Bonchev–Trinajstić information content (AvgIpc) is 3.21. The summed E-state index contributed by atoms with van der Waals surface area (Å²) in [4.78, 5) is 16.5. The lowest BCUT2D eigenvalue weighted by Crippen LogP contribution is -2.24. The first-order chi connectivity index (χ1) is 15.1. The van der Waals surface area contributed by atoms with Gasteiger partial charge in [0.15, 0.2) is 0 Å². The fourth-order valence-electron chi connectivity index (χ4n) is 4.47. The van der Waals surface area contributed by atoms with Crippen molar-refractivity contribution in [2.75, 3.05) is 20.3 Å². The van der Waals surface area contributed by atoms with E-state index in [9.17, 15) is 0 Å². The summed E-state index contributed by atoms with van der Waals surface area (Å²) in [6.07, 6.45) is 7.95. The highest BCUT2D eigenvalue weighted by molar-refractivity contribution is 5.31. The fourth-order valence-corrected chi connectivity index (χ4v) is 4.47. The minimum Gasteiger partial charge on any atom is -0.384 e. The highest BCUT2D eigenvalue weighted by atomic mass is 16.5. The lowest BCUT2D eigenvalue weighted by molar-refractivity contribution is 0.200. The number of pyridine rings is 1. The van der Waals surface area contributed by atoms with Crippen molar-refractivity contribution in [3.63, 3.8) is 0 Å². The maximum absolute atomic E-state index is 5.11. The zero-order valence-corrected chi connectivity index (χ0v) is 18.8. The van der Waals surface area contributed by atoms with E-state index in [-0.39, 0.29) is 0 Å². The number of methoxy groups -OCH3 is 1. The Morgan fingerprint density at radius 3 is 2.65 bits per heavy atom. The lowest BCUT2D eigenvalue weighted by Gasteiger charge is -2.24. The van der Waals surface area contributed by atoms with E-state index < -0.39 is 0 Å². The molecule has 3 aromatic rings. The van der Waals surface area contributed by atoms with Crippen LogP contribution in [0.15, 0.2) is 48.8 Å². The van der Waals surface area contributed by atoms with E-state index in [1.165, 1.54) is 28.8 Å². The highest BCUT2D eigenvalue weighted by Gasteiger charge is 2.27. The third-order valence-corrected chi connectivity index (χ3v) is 5.90. The van der Waals surface area contributed by atoms with E-state index >= 15 is 0 Å². The number of hydrogen-bond donors (Lipinski definition) is 0. The number of aryl methyl sites for hydroxylation is 2. The van der Waals surface area contributed by atoms with Crippen molar-refractivity contribution in [1.82, 2.24) is 19.9 Å². The molecule has 1 aliphatic rings. The van der Waals surface area contributed by atoms with E-state index in [0.717, 1.165) is 49.4 Å². The summed E-state index contributed by atoms with van der Waals surface area (Å²) in [5.41, 5.74) is 7.44. The van der Waals surface area contributed by atoms with Gasteiger partial charge in [-0.05, 0) is 62.9 Å². The van der Waals surface area contributed by atoms with Crippen LogP contribution in [0.25, 0.3) is 0 Å². The molecule has 5 heteroatoms. The van der Waals surface area contributed by atoms with Crippen LogP contribution < -0.4 is 0 Å². The third kappa shape index (κ3) is 5.75. The Bertz CT molecular complexity index is 1000. The predicted molar refractivity (Wildman–Crippen MR) is 123 cm³/mol. The molecule has 2 aromatic heterocycles. The van der Waals surface area contributed by atoms with Crippen LogP contribution in [0, 0.1) is 13.8 Å². The zero-order valence-electron chi connectivity index (χ0n) is 18.8. The molecule has 1 aromatic carbocycles. The Labute approximate surface area is 185 Å². The minimum atomic E-state index is 0.351. The van der Waals surface area contributed by atoms with Gasteiger partial charge < -0.3 is 4.74 Å². The summed E-state index contributed by atoms with van der Waals surface area (Å²) >= 11 is 0. The van der Waals surface area contributed by atoms with Gasteiger partial charge in [0.05, 0.1) is 18.3 Å². The van der Waals surface area contributed by atoms with Crippen LogP contribution in [0.2, 0.25) is 0 Å². The van der Waals surface area contributed by atoms with E-state index in [4.69, 9.17) is 9.72 Å². The Morgan fingerprint density at radius 2 is 1.87 bits per heavy atom. The van der Waals surface area contributed by atoms with Crippen molar-refractivity contribution in [3.8, 4) is 0 Å². The highest BCUT2D eigenvalue weighted by Crippen LogP contribution is 2.33. The van der Waals surface area contributed by atoms with Gasteiger partial charge in [0.25, 0.3) is 0 Å². The first-order valence-electron chi connectivity index (χ1n) is 11.2. The second-order valence-electron chi connectivity index (χ2n) is 8.59. The van der Waals surface area contributed by atoms with Crippen LogP contribution in [0.4, 0.5) is 0 Å². The molecular weight excluding hydrogens is 384 g/mol. The van der Waals surface area contributed by atoms with Gasteiger partial charge in [-0.15, -0.1) is 0 Å². The second kappa shape index (κ2) is 10.1. The maximum Gasteiger partial charge on any atom is 0.130 e. The molecule has 0 saturated carbocycles. The Morgan fingerprint density at radius 1 is 1.03 bits per heavy atom. The van der Waals surface area contributed by atoms with Crippen molar-refractivity contribution in [2.45, 2.75) is 52.1 Å². The summed E-state index contributed by atoms with van der Waals surface area (Å²) in [6.45, 7) is 6.85. The zero-order chi connectivity index (χ0) is 21.6. The van der Waals surface area contributed by atoms with E-state index in [0.29, 0.717) is 12.6 Å². The predicted octanol–water partition coefficient (Wildman–Crippen LogP) is 4.61. The number of aromatic nitrogens is 3. The molecule has 0 aliphatic carbocycles. The van der Waals surface area contributed by atoms with E-state index in [1.807, 2.05) is 12.4 Å². The van der Waals surface area contributed by atoms with Crippen molar-refractivity contribution in [3.05, 3.63) is 88.3 Å². The molecule has 1 fully saturated rings. The van der Waals surface area contributed by atoms with E-state index in [1.54, 1.807) is 7.11 Å². The average molecular weight is 417 g/mol. The number of nitrogens with zero attached hydrogens (tertiary/aromatic N) is 4. The molecule has 1 saturated heterocycles. The molecule has 3 heterocycles. The van der Waals surface area contributed by atoms with Crippen molar-refractivity contribution in [1.29, 1.82) is 0 Å². The Kier molecular flexibility index (Phi) is 7.05. The lowest BCUT2D eigenvalue weighted by atomic mass is 10.0. The van der Waals surface area contributed by atoms with Gasteiger partial charge in [-0.1, -0.05) is 29.8 Å². The summed E-state index contributed by atoms with van der Waals surface area (Å²) < 4.78 is 5.11. The molecule has 0 N–H and O–H groups in total. The first-order valence-corrected chi connectivity index (χ1v) is 11.2. The number of hydrogen-bond acceptors (Lipinski definition) is 5.